The van der Waals surface area contributed by atoms with Crippen molar-refractivity contribution < 1.29 is 9.18 Å². The molecule has 2 aromatic rings. The van der Waals surface area contributed by atoms with Gasteiger partial charge in [-0.05, 0) is 42.5 Å². The van der Waals surface area contributed by atoms with Gasteiger partial charge in [0.15, 0.2) is 5.96 Å². The van der Waals surface area contributed by atoms with E-state index in [1.807, 2.05) is 36.4 Å². The number of amides is 1. The Balaban J connectivity index is 0.00000300. The summed E-state index contributed by atoms with van der Waals surface area (Å²) in [5.41, 5.74) is 2.16. The molecule has 29 heavy (non-hydrogen) atoms. The number of hydrogen-bond acceptors (Lipinski definition) is 2. The Morgan fingerprint density at radius 1 is 1.07 bits per heavy atom. The summed E-state index contributed by atoms with van der Waals surface area (Å²) < 4.78 is 13.5. The molecule has 3 rings (SSSR count). The van der Waals surface area contributed by atoms with Crippen LogP contribution in [0.3, 0.4) is 0 Å². The molecule has 0 spiro atoms. The Kier molecular flexibility index (Phi) is 8.88. The van der Waals surface area contributed by atoms with Crippen molar-refractivity contribution in [2.75, 3.05) is 26.7 Å². The molecule has 0 saturated heterocycles. The smallest absolute Gasteiger partial charge is 0.239 e. The number of carbonyl (C=O) groups is 1. The zero-order valence-corrected chi connectivity index (χ0v) is 18.9. The predicted octanol–water partition coefficient (Wildman–Crippen LogP) is 3.00. The van der Waals surface area contributed by atoms with Gasteiger partial charge in [0.05, 0.1) is 6.54 Å². The van der Waals surface area contributed by atoms with Crippen molar-refractivity contribution in [3.05, 3.63) is 71.5 Å². The second kappa shape index (κ2) is 11.1. The van der Waals surface area contributed by atoms with Crippen LogP contribution >= 0.6 is 24.0 Å². The van der Waals surface area contributed by atoms with Crippen molar-refractivity contribution in [1.82, 2.24) is 16.0 Å². The molecule has 0 radical (unpaired) electrons. The maximum absolute atomic E-state index is 13.5. The Bertz CT molecular complexity index is 825. The van der Waals surface area contributed by atoms with Crippen molar-refractivity contribution in [2.24, 2.45) is 4.99 Å². The summed E-state index contributed by atoms with van der Waals surface area (Å²) >= 11 is 0. The zero-order valence-electron chi connectivity index (χ0n) is 16.6. The second-order valence-electron chi connectivity index (χ2n) is 7.16. The average molecular weight is 510 g/mol. The number of nitrogens with one attached hydrogen (secondary N) is 3. The SMILES string of the molecule is CN=C(NCC(=O)NCCc1ccccc1)NCC1(c2cccc(F)c2)CC1.I. The van der Waals surface area contributed by atoms with E-state index in [9.17, 15) is 9.18 Å². The number of aliphatic imine (C=N–C) groups is 1. The topological polar surface area (TPSA) is 65.5 Å². The second-order valence-corrected chi connectivity index (χ2v) is 7.16. The summed E-state index contributed by atoms with van der Waals surface area (Å²) in [6.07, 6.45) is 2.83. The Hall–Kier alpha value is -2.16. The third kappa shape index (κ3) is 6.99. The van der Waals surface area contributed by atoms with E-state index < -0.39 is 0 Å². The van der Waals surface area contributed by atoms with Gasteiger partial charge in [0.25, 0.3) is 0 Å². The lowest BCUT2D eigenvalue weighted by Gasteiger charge is -2.19. The van der Waals surface area contributed by atoms with Crippen molar-refractivity contribution >= 4 is 35.8 Å². The molecule has 156 valence electrons. The monoisotopic (exact) mass is 510 g/mol. The molecule has 2 aromatic carbocycles. The molecule has 0 aromatic heterocycles. The first-order chi connectivity index (χ1) is 13.6. The third-order valence-corrected chi connectivity index (χ3v) is 5.10. The molecule has 0 aliphatic heterocycles. The fourth-order valence-corrected chi connectivity index (χ4v) is 3.23. The van der Waals surface area contributed by atoms with Gasteiger partial charge in [-0.1, -0.05) is 42.5 Å². The standard InChI is InChI=1S/C22H27FN4O.HI/c1-24-21(26-15-20(28)25-13-10-17-6-3-2-4-7-17)27-16-22(11-12-22)18-8-5-9-19(23)14-18;/h2-9,14H,10-13,15-16H2,1H3,(H,25,28)(H2,24,26,27);1H. The number of nitrogens with zero attached hydrogens (tertiary/aromatic N) is 1. The summed E-state index contributed by atoms with van der Waals surface area (Å²) in [7, 11) is 1.67. The number of hydrogen-bond donors (Lipinski definition) is 3. The minimum absolute atomic E-state index is 0. The van der Waals surface area contributed by atoms with E-state index in [-0.39, 0.29) is 47.7 Å². The minimum atomic E-state index is -0.210. The molecule has 0 bridgehead atoms. The van der Waals surface area contributed by atoms with Crippen molar-refractivity contribution in [2.45, 2.75) is 24.7 Å². The third-order valence-electron chi connectivity index (χ3n) is 5.10. The molecule has 7 heteroatoms. The molecule has 1 aliphatic carbocycles. The number of guanidine groups is 1. The van der Waals surface area contributed by atoms with Crippen LogP contribution in [0.15, 0.2) is 59.6 Å². The highest BCUT2D eigenvalue weighted by Crippen LogP contribution is 2.47. The molecule has 1 fully saturated rings. The van der Waals surface area contributed by atoms with E-state index in [1.165, 1.54) is 11.6 Å². The summed E-state index contributed by atoms with van der Waals surface area (Å²) in [5.74, 6) is 0.282. The average Bonchev–Trinajstić information content (AvgIpc) is 3.50. The number of halogens is 2. The molecule has 1 amide bonds. The first kappa shape index (κ1) is 23.1. The van der Waals surface area contributed by atoms with Gasteiger partial charge in [-0.25, -0.2) is 4.39 Å². The number of benzene rings is 2. The molecule has 1 saturated carbocycles. The molecule has 0 heterocycles. The molecule has 0 unspecified atom stereocenters. The molecular weight excluding hydrogens is 482 g/mol. The first-order valence-electron chi connectivity index (χ1n) is 9.62. The number of rotatable bonds is 8. The van der Waals surface area contributed by atoms with Crippen molar-refractivity contribution in [1.29, 1.82) is 0 Å². The van der Waals surface area contributed by atoms with Gasteiger partial charge in [0.1, 0.15) is 5.82 Å². The van der Waals surface area contributed by atoms with Gasteiger partial charge in [-0.3, -0.25) is 9.79 Å². The highest BCUT2D eigenvalue weighted by molar-refractivity contribution is 14.0. The zero-order chi connectivity index (χ0) is 19.8. The molecule has 3 N–H and O–H groups in total. The van der Waals surface area contributed by atoms with Crippen molar-refractivity contribution in [3.63, 3.8) is 0 Å². The normalized spacial score (nSPS) is 14.5. The fourth-order valence-electron chi connectivity index (χ4n) is 3.23. The van der Waals surface area contributed by atoms with Gasteiger partial charge >= 0.3 is 0 Å². The maximum Gasteiger partial charge on any atom is 0.239 e. The highest BCUT2D eigenvalue weighted by Gasteiger charge is 2.44. The van der Waals surface area contributed by atoms with Crippen LogP contribution in [0.1, 0.15) is 24.0 Å². The Morgan fingerprint density at radius 3 is 2.48 bits per heavy atom. The summed E-state index contributed by atoms with van der Waals surface area (Å²) in [6.45, 7) is 1.41. The predicted molar refractivity (Wildman–Crippen MR) is 125 cm³/mol. The number of carbonyl (C=O) groups excluding carboxylic acids is 1. The Labute approximate surface area is 188 Å². The van der Waals surface area contributed by atoms with Crippen LogP contribution in [-0.4, -0.2) is 38.5 Å². The molecule has 5 nitrogen and oxygen atoms in total. The fraction of sp³-hybridized carbons (Fsp3) is 0.364. The lowest BCUT2D eigenvalue weighted by Crippen LogP contribution is -2.45. The van der Waals surface area contributed by atoms with E-state index in [1.54, 1.807) is 19.2 Å². The lowest BCUT2D eigenvalue weighted by atomic mass is 9.96. The van der Waals surface area contributed by atoms with Gasteiger partial charge in [0.2, 0.25) is 5.91 Å². The molecular formula is C22H28FIN4O. The van der Waals surface area contributed by atoms with Crippen LogP contribution in [0.2, 0.25) is 0 Å². The molecule has 1 aliphatic rings. The summed E-state index contributed by atoms with van der Waals surface area (Å²) in [4.78, 5) is 16.2. The van der Waals surface area contributed by atoms with E-state index in [0.29, 0.717) is 19.0 Å². The van der Waals surface area contributed by atoms with Crippen LogP contribution in [0.25, 0.3) is 0 Å². The largest absolute Gasteiger partial charge is 0.356 e. The first-order valence-corrected chi connectivity index (χ1v) is 9.62. The van der Waals surface area contributed by atoms with Gasteiger partial charge < -0.3 is 16.0 Å². The van der Waals surface area contributed by atoms with Crippen LogP contribution in [0, 0.1) is 5.82 Å². The quantitative estimate of drug-likeness (QED) is 0.291. The summed E-state index contributed by atoms with van der Waals surface area (Å²) in [5, 5.41) is 9.20. The van der Waals surface area contributed by atoms with Crippen LogP contribution in [0.5, 0.6) is 0 Å². The Morgan fingerprint density at radius 2 is 1.83 bits per heavy atom. The van der Waals surface area contributed by atoms with Gasteiger partial charge in [-0.15, -0.1) is 24.0 Å². The maximum atomic E-state index is 13.5. The lowest BCUT2D eigenvalue weighted by molar-refractivity contribution is -0.119. The van der Waals surface area contributed by atoms with Crippen molar-refractivity contribution in [3.8, 4) is 0 Å². The highest BCUT2D eigenvalue weighted by atomic mass is 127. The van der Waals surface area contributed by atoms with E-state index >= 15 is 0 Å². The van der Waals surface area contributed by atoms with E-state index in [4.69, 9.17) is 0 Å². The van der Waals surface area contributed by atoms with Crippen LogP contribution in [0.4, 0.5) is 4.39 Å². The van der Waals surface area contributed by atoms with Crippen LogP contribution < -0.4 is 16.0 Å². The van der Waals surface area contributed by atoms with Gasteiger partial charge in [-0.2, -0.15) is 0 Å². The van der Waals surface area contributed by atoms with E-state index in [0.717, 1.165) is 24.8 Å². The van der Waals surface area contributed by atoms with Crippen LogP contribution in [-0.2, 0) is 16.6 Å². The van der Waals surface area contributed by atoms with E-state index in [2.05, 4.69) is 20.9 Å². The summed E-state index contributed by atoms with van der Waals surface area (Å²) in [6, 6.07) is 16.8. The minimum Gasteiger partial charge on any atom is -0.356 e. The molecule has 0 atom stereocenters. The van der Waals surface area contributed by atoms with Gasteiger partial charge in [0, 0.05) is 25.6 Å².